The van der Waals surface area contributed by atoms with Crippen LogP contribution in [0.1, 0.15) is 32.1 Å². The van der Waals surface area contributed by atoms with E-state index in [0.717, 1.165) is 4.90 Å². The molecule has 1 aromatic carbocycles. The predicted octanol–water partition coefficient (Wildman–Crippen LogP) is 3.22. The van der Waals surface area contributed by atoms with Crippen LogP contribution < -0.4 is 11.1 Å². The molecule has 0 heterocycles. The van der Waals surface area contributed by atoms with Gasteiger partial charge in [-0.2, -0.15) is 0 Å². The highest BCUT2D eigenvalue weighted by molar-refractivity contribution is 8.00. The van der Waals surface area contributed by atoms with E-state index in [2.05, 4.69) is 5.32 Å². The molecular formula is C16H25ClN2OS. The van der Waals surface area contributed by atoms with Crippen LogP contribution in [-0.2, 0) is 4.79 Å². The van der Waals surface area contributed by atoms with Crippen LogP contribution in [0, 0.1) is 5.92 Å². The quantitative estimate of drug-likeness (QED) is 0.788. The highest BCUT2D eigenvalue weighted by atomic mass is 35.5. The zero-order valence-electron chi connectivity index (χ0n) is 12.3. The monoisotopic (exact) mass is 328 g/mol. The smallest absolute Gasteiger partial charge is 0.230 e. The first-order chi connectivity index (χ1) is 9.79. The fourth-order valence-corrected chi connectivity index (χ4v) is 3.55. The van der Waals surface area contributed by atoms with Gasteiger partial charge in [0.25, 0.3) is 0 Å². The average Bonchev–Trinajstić information content (AvgIpc) is 2.52. The minimum atomic E-state index is 0. The summed E-state index contributed by atoms with van der Waals surface area (Å²) in [5.74, 6) is 1.13. The summed E-state index contributed by atoms with van der Waals surface area (Å²) in [4.78, 5) is 13.2. The van der Waals surface area contributed by atoms with E-state index in [1.807, 2.05) is 30.3 Å². The number of amides is 1. The molecule has 0 spiro atoms. The zero-order chi connectivity index (χ0) is 14.2. The van der Waals surface area contributed by atoms with Crippen molar-refractivity contribution in [1.29, 1.82) is 0 Å². The molecule has 3 N–H and O–H groups in total. The molecule has 2 rings (SSSR count). The highest BCUT2D eigenvalue weighted by Gasteiger charge is 2.23. The van der Waals surface area contributed by atoms with Gasteiger partial charge in [-0.05, 0) is 30.9 Å². The number of nitrogens with one attached hydrogen (secondary N) is 1. The first kappa shape index (κ1) is 18.3. The summed E-state index contributed by atoms with van der Waals surface area (Å²) in [6, 6.07) is 10.2. The molecule has 0 bridgehead atoms. The van der Waals surface area contributed by atoms with E-state index in [4.69, 9.17) is 5.73 Å². The van der Waals surface area contributed by atoms with E-state index in [0.29, 0.717) is 18.2 Å². The second-order valence-electron chi connectivity index (χ2n) is 5.41. The molecule has 1 aliphatic rings. The third-order valence-electron chi connectivity index (χ3n) is 3.93. The largest absolute Gasteiger partial charge is 0.351 e. The Kier molecular flexibility index (Phi) is 8.81. The van der Waals surface area contributed by atoms with Gasteiger partial charge in [-0.3, -0.25) is 4.79 Å². The minimum Gasteiger partial charge on any atom is -0.351 e. The Morgan fingerprint density at radius 2 is 1.90 bits per heavy atom. The van der Waals surface area contributed by atoms with E-state index >= 15 is 0 Å². The first-order valence-electron chi connectivity index (χ1n) is 7.47. The van der Waals surface area contributed by atoms with Gasteiger partial charge in [-0.1, -0.05) is 37.5 Å². The van der Waals surface area contributed by atoms with Gasteiger partial charge in [-0.15, -0.1) is 24.2 Å². The van der Waals surface area contributed by atoms with Gasteiger partial charge in [0, 0.05) is 17.5 Å². The number of carbonyl (C=O) groups excluding carboxylic acids is 1. The molecule has 0 aliphatic heterocycles. The lowest BCUT2D eigenvalue weighted by Crippen LogP contribution is -2.46. The zero-order valence-corrected chi connectivity index (χ0v) is 13.9. The molecule has 1 amide bonds. The second kappa shape index (κ2) is 10.1. The molecule has 3 nitrogen and oxygen atoms in total. The van der Waals surface area contributed by atoms with Crippen LogP contribution in [0.2, 0.25) is 0 Å². The maximum absolute atomic E-state index is 12.0. The van der Waals surface area contributed by atoms with Crippen molar-refractivity contribution < 1.29 is 4.79 Å². The topological polar surface area (TPSA) is 55.1 Å². The molecule has 0 radical (unpaired) electrons. The van der Waals surface area contributed by atoms with Gasteiger partial charge in [-0.25, -0.2) is 0 Å². The van der Waals surface area contributed by atoms with Crippen molar-refractivity contribution >= 4 is 30.1 Å². The Bertz CT molecular complexity index is 410. The Labute approximate surface area is 137 Å². The summed E-state index contributed by atoms with van der Waals surface area (Å²) < 4.78 is 0. The minimum absolute atomic E-state index is 0. The van der Waals surface area contributed by atoms with Crippen molar-refractivity contribution in [3.63, 3.8) is 0 Å². The summed E-state index contributed by atoms with van der Waals surface area (Å²) in [5.41, 5.74) is 5.84. The summed E-state index contributed by atoms with van der Waals surface area (Å²) in [6.07, 6.45) is 6.28. The number of thioether (sulfide) groups is 1. The molecule has 1 fully saturated rings. The molecular weight excluding hydrogens is 304 g/mol. The van der Waals surface area contributed by atoms with Gasteiger partial charge in [0.2, 0.25) is 5.91 Å². The van der Waals surface area contributed by atoms with E-state index in [1.54, 1.807) is 11.8 Å². The Morgan fingerprint density at radius 3 is 2.52 bits per heavy atom. The van der Waals surface area contributed by atoms with Crippen molar-refractivity contribution in [2.75, 3.05) is 12.3 Å². The van der Waals surface area contributed by atoms with Gasteiger partial charge in [0.1, 0.15) is 0 Å². The van der Waals surface area contributed by atoms with Gasteiger partial charge >= 0.3 is 0 Å². The second-order valence-corrected chi connectivity index (χ2v) is 6.46. The predicted molar refractivity (Wildman–Crippen MR) is 92.0 cm³/mol. The molecule has 1 atom stereocenters. The van der Waals surface area contributed by atoms with Gasteiger partial charge < -0.3 is 11.1 Å². The van der Waals surface area contributed by atoms with Crippen molar-refractivity contribution in [3.05, 3.63) is 30.3 Å². The van der Waals surface area contributed by atoms with Crippen molar-refractivity contribution in [2.24, 2.45) is 11.7 Å². The Morgan fingerprint density at radius 1 is 1.24 bits per heavy atom. The van der Waals surface area contributed by atoms with Crippen molar-refractivity contribution in [3.8, 4) is 0 Å². The number of halogens is 1. The lowest BCUT2D eigenvalue weighted by Gasteiger charge is -2.30. The summed E-state index contributed by atoms with van der Waals surface area (Å²) in [5, 5.41) is 3.12. The third kappa shape index (κ3) is 6.29. The molecule has 1 saturated carbocycles. The van der Waals surface area contributed by atoms with Crippen LogP contribution in [0.3, 0.4) is 0 Å². The summed E-state index contributed by atoms with van der Waals surface area (Å²) >= 11 is 1.57. The third-order valence-corrected chi connectivity index (χ3v) is 4.94. The molecule has 1 unspecified atom stereocenters. The van der Waals surface area contributed by atoms with Gasteiger partial charge in [0.05, 0.1) is 5.75 Å². The number of carbonyl (C=O) groups is 1. The lowest BCUT2D eigenvalue weighted by molar-refractivity contribution is -0.119. The Hall–Kier alpha value is -0.710. The van der Waals surface area contributed by atoms with Crippen molar-refractivity contribution in [2.45, 2.75) is 43.0 Å². The molecule has 0 saturated heterocycles. The van der Waals surface area contributed by atoms with Gasteiger partial charge in [0.15, 0.2) is 0 Å². The number of hydrogen-bond donors (Lipinski definition) is 2. The molecule has 5 heteroatoms. The number of nitrogens with two attached hydrogens (primary N) is 1. The normalized spacial score (nSPS) is 16.8. The molecule has 21 heavy (non-hydrogen) atoms. The van der Waals surface area contributed by atoms with Crippen LogP contribution in [0.15, 0.2) is 35.2 Å². The average molecular weight is 329 g/mol. The standard InChI is InChI=1S/C16H24N2OS.ClH/c17-11-15(13-7-3-1-4-8-13)18-16(19)12-20-14-9-5-2-6-10-14;/h2,5-6,9-10,13,15H,1,3-4,7-8,11-12,17H2,(H,18,19);1H. The fourth-order valence-electron chi connectivity index (χ4n) is 2.82. The summed E-state index contributed by atoms with van der Waals surface area (Å²) in [7, 11) is 0. The van der Waals surface area contributed by atoms with Crippen LogP contribution >= 0.6 is 24.2 Å². The number of hydrogen-bond acceptors (Lipinski definition) is 3. The maximum atomic E-state index is 12.0. The van der Waals surface area contributed by atoms with Crippen LogP contribution in [0.4, 0.5) is 0 Å². The van der Waals surface area contributed by atoms with E-state index in [9.17, 15) is 4.79 Å². The number of rotatable bonds is 6. The first-order valence-corrected chi connectivity index (χ1v) is 8.45. The van der Waals surface area contributed by atoms with E-state index in [-0.39, 0.29) is 24.4 Å². The molecule has 118 valence electrons. The number of benzene rings is 1. The van der Waals surface area contributed by atoms with E-state index < -0.39 is 0 Å². The Balaban J connectivity index is 0.00000220. The fraction of sp³-hybridized carbons (Fsp3) is 0.562. The summed E-state index contributed by atoms with van der Waals surface area (Å²) in [6.45, 7) is 0.548. The van der Waals surface area contributed by atoms with Crippen molar-refractivity contribution in [1.82, 2.24) is 5.32 Å². The van der Waals surface area contributed by atoms with Crippen LogP contribution in [0.5, 0.6) is 0 Å². The van der Waals surface area contributed by atoms with Crippen LogP contribution in [-0.4, -0.2) is 24.2 Å². The molecule has 1 aliphatic carbocycles. The molecule has 1 aromatic rings. The van der Waals surface area contributed by atoms with Crippen LogP contribution in [0.25, 0.3) is 0 Å². The van der Waals surface area contributed by atoms with E-state index in [1.165, 1.54) is 32.1 Å². The SMILES string of the molecule is Cl.NCC(NC(=O)CSc1ccccc1)C1CCCCC1. The highest BCUT2D eigenvalue weighted by Crippen LogP contribution is 2.26. The maximum Gasteiger partial charge on any atom is 0.230 e. The molecule has 0 aromatic heterocycles. The lowest BCUT2D eigenvalue weighted by atomic mass is 9.84.